The standard InChI is InChI=1S/C23H22O2/c1-16-9-8-10-17(2)23(16)25-22-15-21(18-11-4-3-5-12-18)24-20-14-7-6-13-19(20)22/h3-14,21-22H,15H2,1-2H3. The summed E-state index contributed by atoms with van der Waals surface area (Å²) < 4.78 is 12.8. The Kier molecular flexibility index (Phi) is 4.19. The molecule has 1 aliphatic heterocycles. The van der Waals surface area contributed by atoms with Crippen molar-refractivity contribution in [3.05, 3.63) is 95.1 Å². The van der Waals surface area contributed by atoms with Gasteiger partial charge in [-0.2, -0.15) is 0 Å². The Labute approximate surface area is 149 Å². The van der Waals surface area contributed by atoms with Crippen LogP contribution in [0.3, 0.4) is 0 Å². The van der Waals surface area contributed by atoms with Gasteiger partial charge in [-0.15, -0.1) is 0 Å². The summed E-state index contributed by atoms with van der Waals surface area (Å²) in [7, 11) is 0. The zero-order valence-corrected chi connectivity index (χ0v) is 14.6. The predicted molar refractivity (Wildman–Crippen MR) is 100 cm³/mol. The third-order valence-electron chi connectivity index (χ3n) is 4.80. The first-order valence-electron chi connectivity index (χ1n) is 8.76. The van der Waals surface area contributed by atoms with E-state index in [0.717, 1.165) is 23.5 Å². The first-order valence-corrected chi connectivity index (χ1v) is 8.76. The van der Waals surface area contributed by atoms with Gasteiger partial charge in [0.1, 0.15) is 23.7 Å². The number of hydrogen-bond donors (Lipinski definition) is 0. The summed E-state index contributed by atoms with van der Waals surface area (Å²) in [5, 5.41) is 0. The van der Waals surface area contributed by atoms with Gasteiger partial charge in [-0.1, -0.05) is 66.7 Å². The Morgan fingerprint density at radius 2 is 1.48 bits per heavy atom. The van der Waals surface area contributed by atoms with Crippen molar-refractivity contribution in [3.63, 3.8) is 0 Å². The molecular formula is C23H22O2. The number of ether oxygens (including phenoxy) is 2. The van der Waals surface area contributed by atoms with E-state index in [-0.39, 0.29) is 12.2 Å². The van der Waals surface area contributed by atoms with Gasteiger partial charge in [0.25, 0.3) is 0 Å². The van der Waals surface area contributed by atoms with Crippen LogP contribution < -0.4 is 9.47 Å². The van der Waals surface area contributed by atoms with Gasteiger partial charge in [-0.25, -0.2) is 0 Å². The SMILES string of the molecule is Cc1cccc(C)c1OC1CC(c2ccccc2)Oc2ccccc21. The van der Waals surface area contributed by atoms with Crippen LogP contribution in [0.1, 0.15) is 40.9 Å². The van der Waals surface area contributed by atoms with Gasteiger partial charge in [-0.3, -0.25) is 0 Å². The Hall–Kier alpha value is -2.74. The van der Waals surface area contributed by atoms with Gasteiger partial charge in [0.2, 0.25) is 0 Å². The van der Waals surface area contributed by atoms with E-state index < -0.39 is 0 Å². The van der Waals surface area contributed by atoms with E-state index in [1.165, 1.54) is 16.7 Å². The summed E-state index contributed by atoms with van der Waals surface area (Å²) >= 11 is 0. The van der Waals surface area contributed by atoms with Crippen molar-refractivity contribution >= 4 is 0 Å². The number of aryl methyl sites for hydroxylation is 2. The quantitative estimate of drug-likeness (QED) is 0.591. The lowest BCUT2D eigenvalue weighted by Gasteiger charge is -2.33. The fourth-order valence-corrected chi connectivity index (χ4v) is 3.49. The van der Waals surface area contributed by atoms with Gasteiger partial charge in [0, 0.05) is 12.0 Å². The maximum absolute atomic E-state index is 6.52. The molecule has 3 aromatic carbocycles. The Balaban J connectivity index is 1.70. The van der Waals surface area contributed by atoms with Gasteiger partial charge in [-0.05, 0) is 36.6 Å². The summed E-state index contributed by atoms with van der Waals surface area (Å²) in [5.41, 5.74) is 4.64. The number of para-hydroxylation sites is 2. The number of hydrogen-bond acceptors (Lipinski definition) is 2. The van der Waals surface area contributed by atoms with Crippen molar-refractivity contribution in [2.75, 3.05) is 0 Å². The lowest BCUT2D eigenvalue weighted by molar-refractivity contribution is 0.0800. The molecule has 0 saturated carbocycles. The highest BCUT2D eigenvalue weighted by Crippen LogP contribution is 2.43. The van der Waals surface area contributed by atoms with Crippen LogP contribution in [-0.4, -0.2) is 0 Å². The third-order valence-corrected chi connectivity index (χ3v) is 4.80. The second-order valence-electron chi connectivity index (χ2n) is 6.62. The molecule has 2 nitrogen and oxygen atoms in total. The molecular weight excluding hydrogens is 308 g/mol. The smallest absolute Gasteiger partial charge is 0.131 e. The molecule has 0 fully saturated rings. The minimum atomic E-state index is -0.0186. The van der Waals surface area contributed by atoms with Crippen molar-refractivity contribution in [1.29, 1.82) is 0 Å². The first-order chi connectivity index (χ1) is 12.2. The average molecular weight is 330 g/mol. The van der Waals surface area contributed by atoms with Crippen LogP contribution >= 0.6 is 0 Å². The van der Waals surface area contributed by atoms with Gasteiger partial charge < -0.3 is 9.47 Å². The normalized spacial score (nSPS) is 19.0. The van der Waals surface area contributed by atoms with Gasteiger partial charge >= 0.3 is 0 Å². The van der Waals surface area contributed by atoms with Crippen molar-refractivity contribution < 1.29 is 9.47 Å². The maximum atomic E-state index is 6.52. The molecule has 2 atom stereocenters. The highest BCUT2D eigenvalue weighted by molar-refractivity contribution is 5.43. The molecule has 1 heterocycles. The lowest BCUT2D eigenvalue weighted by Crippen LogP contribution is -2.23. The van der Waals surface area contributed by atoms with Crippen LogP contribution in [0, 0.1) is 13.8 Å². The molecule has 4 rings (SSSR count). The van der Waals surface area contributed by atoms with Crippen LogP contribution in [-0.2, 0) is 0 Å². The molecule has 0 amide bonds. The summed E-state index contributed by atoms with van der Waals surface area (Å²) in [6, 6.07) is 24.9. The fourth-order valence-electron chi connectivity index (χ4n) is 3.49. The first kappa shape index (κ1) is 15.8. The zero-order chi connectivity index (χ0) is 17.2. The molecule has 126 valence electrons. The summed E-state index contributed by atoms with van der Waals surface area (Å²) in [6.07, 6.45) is 0.787. The molecule has 0 aliphatic carbocycles. The molecule has 25 heavy (non-hydrogen) atoms. The monoisotopic (exact) mass is 330 g/mol. The molecule has 1 aliphatic rings. The minimum Gasteiger partial charge on any atom is -0.485 e. The van der Waals surface area contributed by atoms with Crippen molar-refractivity contribution in [2.24, 2.45) is 0 Å². The molecule has 0 saturated heterocycles. The molecule has 0 N–H and O–H groups in total. The Bertz CT molecular complexity index is 850. The highest BCUT2D eigenvalue weighted by Gasteiger charge is 2.31. The molecule has 0 bridgehead atoms. The van der Waals surface area contributed by atoms with Crippen molar-refractivity contribution in [3.8, 4) is 11.5 Å². The highest BCUT2D eigenvalue weighted by atomic mass is 16.5. The third kappa shape index (κ3) is 3.12. The molecule has 0 spiro atoms. The second kappa shape index (κ2) is 6.64. The fraction of sp³-hybridized carbons (Fsp3) is 0.217. The molecule has 2 heteroatoms. The Morgan fingerprint density at radius 1 is 0.800 bits per heavy atom. The summed E-state index contributed by atoms with van der Waals surface area (Å²) in [6.45, 7) is 4.20. The van der Waals surface area contributed by atoms with E-state index >= 15 is 0 Å². The summed E-state index contributed by atoms with van der Waals surface area (Å²) in [4.78, 5) is 0. The van der Waals surface area contributed by atoms with Crippen LogP contribution in [0.25, 0.3) is 0 Å². The van der Waals surface area contributed by atoms with Crippen molar-refractivity contribution in [1.82, 2.24) is 0 Å². The zero-order valence-electron chi connectivity index (χ0n) is 14.6. The van der Waals surface area contributed by atoms with Gasteiger partial charge in [0.15, 0.2) is 0 Å². The minimum absolute atomic E-state index is 0.00502. The van der Waals surface area contributed by atoms with Crippen LogP contribution in [0.4, 0.5) is 0 Å². The van der Waals surface area contributed by atoms with E-state index in [1.807, 2.05) is 24.3 Å². The lowest BCUT2D eigenvalue weighted by atomic mass is 9.94. The van der Waals surface area contributed by atoms with E-state index in [2.05, 4.69) is 62.4 Å². The maximum Gasteiger partial charge on any atom is 0.131 e. The average Bonchev–Trinajstić information content (AvgIpc) is 2.65. The van der Waals surface area contributed by atoms with Crippen LogP contribution in [0.5, 0.6) is 11.5 Å². The largest absolute Gasteiger partial charge is 0.485 e. The van der Waals surface area contributed by atoms with Crippen molar-refractivity contribution in [2.45, 2.75) is 32.5 Å². The molecule has 0 radical (unpaired) electrons. The molecule has 0 aromatic heterocycles. The van der Waals surface area contributed by atoms with Gasteiger partial charge in [0.05, 0.1) is 0 Å². The second-order valence-corrected chi connectivity index (χ2v) is 6.62. The molecule has 2 unspecified atom stereocenters. The molecule has 3 aromatic rings. The van der Waals surface area contributed by atoms with E-state index in [0.29, 0.717) is 0 Å². The number of fused-ring (bicyclic) bond motifs is 1. The van der Waals surface area contributed by atoms with Crippen LogP contribution in [0.15, 0.2) is 72.8 Å². The van der Waals surface area contributed by atoms with E-state index in [4.69, 9.17) is 9.47 Å². The number of rotatable bonds is 3. The number of benzene rings is 3. The summed E-state index contributed by atoms with van der Waals surface area (Å²) in [5.74, 6) is 1.90. The predicted octanol–water partition coefficient (Wildman–Crippen LogP) is 5.95. The van der Waals surface area contributed by atoms with E-state index in [1.54, 1.807) is 0 Å². The van der Waals surface area contributed by atoms with Crippen LogP contribution in [0.2, 0.25) is 0 Å². The van der Waals surface area contributed by atoms with E-state index in [9.17, 15) is 0 Å². The Morgan fingerprint density at radius 3 is 2.24 bits per heavy atom. The topological polar surface area (TPSA) is 18.5 Å².